The Bertz CT molecular complexity index is 2120. The molecule has 0 radical (unpaired) electrons. The summed E-state index contributed by atoms with van der Waals surface area (Å²) in [7, 11) is -9.94. The molecule has 0 fully saturated rings. The van der Waals surface area contributed by atoms with Gasteiger partial charge < -0.3 is 33.8 Å². The lowest BCUT2D eigenvalue weighted by atomic mass is 10.0. The van der Waals surface area contributed by atoms with Crippen LogP contribution in [0.25, 0.3) is 0 Å². The highest BCUT2D eigenvalue weighted by Gasteiger charge is 2.31. The van der Waals surface area contributed by atoms with Crippen molar-refractivity contribution in [2.45, 2.75) is 516 Å². The molecule has 111 heavy (non-hydrogen) atoms. The fraction of sp³-hybridized carbons (Fsp3) is 0.957. The summed E-state index contributed by atoms with van der Waals surface area (Å²) < 4.78 is 69.1. The van der Waals surface area contributed by atoms with Crippen molar-refractivity contribution in [3.63, 3.8) is 0 Å². The zero-order chi connectivity index (χ0) is 81.3. The highest BCUT2D eigenvalue weighted by molar-refractivity contribution is 7.47. The molecular formula is C92H180O17P2. The molecule has 660 valence electrons. The van der Waals surface area contributed by atoms with Crippen LogP contribution in [-0.2, 0) is 65.4 Å². The van der Waals surface area contributed by atoms with Gasteiger partial charge in [-0.15, -0.1) is 0 Å². The van der Waals surface area contributed by atoms with E-state index in [2.05, 4.69) is 41.5 Å². The van der Waals surface area contributed by atoms with Gasteiger partial charge in [-0.1, -0.05) is 446 Å². The van der Waals surface area contributed by atoms with Crippen molar-refractivity contribution < 1.29 is 80.2 Å². The Hall–Kier alpha value is -1.94. The number of hydrogen-bond donors (Lipinski definition) is 3. The average Bonchev–Trinajstić information content (AvgIpc) is 0.903. The quantitative estimate of drug-likeness (QED) is 0.0222. The molecule has 0 saturated heterocycles. The molecule has 0 bridgehead atoms. The van der Waals surface area contributed by atoms with Crippen molar-refractivity contribution in [1.29, 1.82) is 0 Å². The van der Waals surface area contributed by atoms with E-state index in [1.807, 2.05) is 0 Å². The Balaban J connectivity index is 5.23. The van der Waals surface area contributed by atoms with Crippen molar-refractivity contribution in [2.24, 2.45) is 11.8 Å². The number of hydrogen-bond acceptors (Lipinski definition) is 15. The van der Waals surface area contributed by atoms with Crippen LogP contribution in [0, 0.1) is 11.8 Å². The Kier molecular flexibility index (Phi) is 81.7. The maximum absolute atomic E-state index is 13.2. The molecular weight excluding hydrogens is 1440 g/mol. The summed E-state index contributed by atoms with van der Waals surface area (Å²) in [4.78, 5) is 73.4. The van der Waals surface area contributed by atoms with Crippen molar-refractivity contribution in [1.82, 2.24) is 0 Å². The van der Waals surface area contributed by atoms with E-state index in [4.69, 9.17) is 37.0 Å². The summed E-state index contributed by atoms with van der Waals surface area (Å²) >= 11 is 0. The first-order valence-electron chi connectivity index (χ1n) is 47.5. The second-order valence-corrected chi connectivity index (χ2v) is 36.9. The van der Waals surface area contributed by atoms with Crippen LogP contribution < -0.4 is 0 Å². The molecule has 2 unspecified atom stereocenters. The standard InChI is InChI=1S/C92H180O17P2/c1-7-9-11-13-15-17-19-21-23-25-27-29-30-32-34-38-42-46-50-58-64-70-76-91(96)108-87(80-102-89(94)74-68-62-56-49-45-41-37-33-31-28-26-24-22-20-18-16-14-12-10-8-2)82-106-110(98,99)104-78-86(93)79-105-111(100,101)107-83-88(81-103-90(95)75-69-63-57-53-52-55-61-67-73-85(5)6)109-92(97)77-71-65-59-51-47-43-39-35-36-40-44-48-54-60-66-72-84(3)4/h84-88,93H,7-83H2,1-6H3,(H,98,99)(H,100,101)/t86-,87-,88-/m1/s1. The van der Waals surface area contributed by atoms with Crippen LogP contribution >= 0.6 is 15.6 Å². The van der Waals surface area contributed by atoms with E-state index in [9.17, 15) is 43.2 Å². The van der Waals surface area contributed by atoms with Gasteiger partial charge in [-0.3, -0.25) is 37.3 Å². The topological polar surface area (TPSA) is 237 Å². The smallest absolute Gasteiger partial charge is 0.462 e. The minimum absolute atomic E-state index is 0.108. The molecule has 0 spiro atoms. The van der Waals surface area contributed by atoms with Gasteiger partial charge in [0.25, 0.3) is 0 Å². The van der Waals surface area contributed by atoms with Crippen LogP contribution in [0.2, 0.25) is 0 Å². The van der Waals surface area contributed by atoms with Gasteiger partial charge >= 0.3 is 39.5 Å². The molecule has 5 atom stereocenters. The number of phosphoric acid groups is 2. The van der Waals surface area contributed by atoms with Gasteiger partial charge in [0.2, 0.25) is 0 Å². The van der Waals surface area contributed by atoms with Gasteiger partial charge in [-0.2, -0.15) is 0 Å². The predicted molar refractivity (Wildman–Crippen MR) is 460 cm³/mol. The number of aliphatic hydroxyl groups excluding tert-OH is 1. The number of aliphatic hydroxyl groups is 1. The van der Waals surface area contributed by atoms with E-state index in [1.54, 1.807) is 0 Å². The van der Waals surface area contributed by atoms with Crippen LogP contribution in [0.15, 0.2) is 0 Å². The van der Waals surface area contributed by atoms with E-state index in [-0.39, 0.29) is 25.7 Å². The first-order chi connectivity index (χ1) is 53.9. The number of phosphoric ester groups is 2. The van der Waals surface area contributed by atoms with E-state index >= 15 is 0 Å². The first-order valence-corrected chi connectivity index (χ1v) is 50.5. The fourth-order valence-corrected chi connectivity index (χ4v) is 16.1. The molecule has 17 nitrogen and oxygen atoms in total. The SMILES string of the molecule is CCCCCCCCCCCCCCCCCCCCCCCCC(=O)O[C@H](COC(=O)CCCCCCCCCCCCCCCCCCCCCC)COP(=O)(O)OC[C@@H](O)COP(=O)(O)OC[C@@H](COC(=O)CCCCCCCCCCC(C)C)OC(=O)CCCCCCCCCCCCCCCCCC(C)C. The number of rotatable bonds is 91. The van der Waals surface area contributed by atoms with E-state index in [0.717, 1.165) is 102 Å². The lowest BCUT2D eigenvalue weighted by Gasteiger charge is -2.21. The van der Waals surface area contributed by atoms with Crippen LogP contribution in [-0.4, -0.2) is 96.7 Å². The molecule has 0 aliphatic heterocycles. The van der Waals surface area contributed by atoms with Crippen LogP contribution in [0.4, 0.5) is 0 Å². The fourth-order valence-electron chi connectivity index (χ4n) is 14.5. The molecule has 0 heterocycles. The lowest BCUT2D eigenvalue weighted by Crippen LogP contribution is -2.30. The third kappa shape index (κ3) is 85.8. The highest BCUT2D eigenvalue weighted by atomic mass is 31.2. The molecule has 3 N–H and O–H groups in total. The molecule has 0 aromatic carbocycles. The molecule has 0 amide bonds. The van der Waals surface area contributed by atoms with Gasteiger partial charge in [0.05, 0.1) is 26.4 Å². The summed E-state index contributed by atoms with van der Waals surface area (Å²) in [6.07, 6.45) is 78.0. The number of unbranched alkanes of at least 4 members (excludes halogenated alkanes) is 61. The Morgan fingerprint density at radius 2 is 0.414 bits per heavy atom. The summed E-state index contributed by atoms with van der Waals surface area (Å²) in [6.45, 7) is 9.70. The third-order valence-corrected chi connectivity index (χ3v) is 23.6. The van der Waals surface area contributed by atoms with E-state index in [1.165, 1.54) is 315 Å². The van der Waals surface area contributed by atoms with Crippen molar-refractivity contribution in [2.75, 3.05) is 39.6 Å². The van der Waals surface area contributed by atoms with E-state index < -0.39 is 97.5 Å². The Morgan fingerprint density at radius 1 is 0.243 bits per heavy atom. The molecule has 0 rings (SSSR count). The minimum atomic E-state index is -4.97. The molecule has 0 aromatic heterocycles. The molecule has 0 saturated carbocycles. The molecule has 19 heteroatoms. The summed E-state index contributed by atoms with van der Waals surface area (Å²) in [6, 6.07) is 0. The molecule has 0 aliphatic carbocycles. The number of ether oxygens (including phenoxy) is 4. The highest BCUT2D eigenvalue weighted by Crippen LogP contribution is 2.45. The number of carbonyl (C=O) groups is 4. The Labute approximate surface area is 683 Å². The van der Waals surface area contributed by atoms with Gasteiger partial charge in [0.15, 0.2) is 12.2 Å². The van der Waals surface area contributed by atoms with Crippen molar-refractivity contribution in [3.05, 3.63) is 0 Å². The third-order valence-electron chi connectivity index (χ3n) is 21.7. The number of esters is 4. The Morgan fingerprint density at radius 3 is 0.613 bits per heavy atom. The lowest BCUT2D eigenvalue weighted by molar-refractivity contribution is -0.161. The zero-order valence-corrected chi connectivity index (χ0v) is 75.1. The van der Waals surface area contributed by atoms with Gasteiger partial charge in [0.1, 0.15) is 19.3 Å². The summed E-state index contributed by atoms with van der Waals surface area (Å²) in [5.41, 5.74) is 0. The molecule has 0 aromatic rings. The second-order valence-electron chi connectivity index (χ2n) is 34.0. The summed E-state index contributed by atoms with van der Waals surface area (Å²) in [5, 5.41) is 10.7. The number of carbonyl (C=O) groups excluding carboxylic acids is 4. The summed E-state index contributed by atoms with van der Waals surface area (Å²) in [5.74, 6) is -0.568. The largest absolute Gasteiger partial charge is 0.472 e. The monoisotopic (exact) mass is 1620 g/mol. The first kappa shape index (κ1) is 109. The van der Waals surface area contributed by atoms with Crippen LogP contribution in [0.1, 0.15) is 497 Å². The van der Waals surface area contributed by atoms with Gasteiger partial charge in [-0.05, 0) is 37.5 Å². The van der Waals surface area contributed by atoms with Crippen molar-refractivity contribution in [3.8, 4) is 0 Å². The zero-order valence-electron chi connectivity index (χ0n) is 73.3. The van der Waals surface area contributed by atoms with Crippen LogP contribution in [0.3, 0.4) is 0 Å². The second kappa shape index (κ2) is 83.1. The predicted octanol–water partition coefficient (Wildman–Crippen LogP) is 28.6. The van der Waals surface area contributed by atoms with Crippen LogP contribution in [0.5, 0.6) is 0 Å². The van der Waals surface area contributed by atoms with Gasteiger partial charge in [0, 0.05) is 25.7 Å². The average molecular weight is 1620 g/mol. The van der Waals surface area contributed by atoms with Crippen molar-refractivity contribution >= 4 is 39.5 Å². The van der Waals surface area contributed by atoms with E-state index in [0.29, 0.717) is 25.7 Å². The van der Waals surface area contributed by atoms with Gasteiger partial charge in [-0.25, -0.2) is 9.13 Å². The normalized spacial score (nSPS) is 13.7. The minimum Gasteiger partial charge on any atom is -0.462 e. The maximum atomic E-state index is 13.2. The maximum Gasteiger partial charge on any atom is 0.472 e. The molecule has 0 aliphatic rings.